The Morgan fingerprint density at radius 2 is 1.41 bits per heavy atom. The highest BCUT2D eigenvalue weighted by atomic mass is 19.2. The summed E-state index contributed by atoms with van der Waals surface area (Å²) in [4.78, 5) is 2.01. The molecule has 1 nitrogen and oxygen atoms in total. The Balaban J connectivity index is 1.79. The number of benzene rings is 1. The van der Waals surface area contributed by atoms with Gasteiger partial charge in [-0.1, -0.05) is 32.8 Å². The lowest BCUT2D eigenvalue weighted by atomic mass is 9.79. The second kappa shape index (κ2) is 6.55. The lowest BCUT2D eigenvalue weighted by molar-refractivity contribution is 0.339. The van der Waals surface area contributed by atoms with Crippen LogP contribution in [0.15, 0.2) is 12.1 Å². The molecule has 1 saturated carbocycles. The van der Waals surface area contributed by atoms with Crippen LogP contribution in [0.3, 0.4) is 0 Å². The molecule has 0 amide bonds. The Labute approximate surface area is 132 Å². The fourth-order valence-electron chi connectivity index (χ4n) is 3.93. The number of nitrogens with zero attached hydrogens (tertiary/aromatic N) is 1. The third-order valence-corrected chi connectivity index (χ3v) is 5.67. The molecule has 0 radical (unpaired) electrons. The average molecular weight is 307 g/mol. The Kier molecular flexibility index (Phi) is 4.70. The number of anilines is 1. The van der Waals surface area contributed by atoms with E-state index in [1.165, 1.54) is 0 Å². The number of hydrogen-bond acceptors (Lipinski definition) is 1. The minimum absolute atomic E-state index is 0.195. The van der Waals surface area contributed by atoms with E-state index in [2.05, 4.69) is 13.8 Å². The molecule has 3 heteroatoms. The standard InChI is InChI=1S/C19H27F2N/c1-13-3-5-15(6-4-13)16-7-8-17(19(21)18(16)20)22-11-9-14(2)10-12-22/h7-8,13-15H,3-6,9-12H2,1-2H3. The van der Waals surface area contributed by atoms with Crippen LogP contribution < -0.4 is 4.90 Å². The van der Waals surface area contributed by atoms with E-state index in [9.17, 15) is 8.78 Å². The Morgan fingerprint density at radius 3 is 2.05 bits per heavy atom. The minimum atomic E-state index is -0.634. The van der Waals surface area contributed by atoms with Crippen LogP contribution in [0.2, 0.25) is 0 Å². The van der Waals surface area contributed by atoms with Gasteiger partial charge in [-0.15, -0.1) is 0 Å². The van der Waals surface area contributed by atoms with Crippen molar-refractivity contribution in [2.45, 2.75) is 58.3 Å². The van der Waals surface area contributed by atoms with Crippen molar-refractivity contribution in [1.29, 1.82) is 0 Å². The quantitative estimate of drug-likeness (QED) is 0.698. The van der Waals surface area contributed by atoms with Crippen molar-refractivity contribution in [2.75, 3.05) is 18.0 Å². The number of rotatable bonds is 2. The highest BCUT2D eigenvalue weighted by Crippen LogP contribution is 2.38. The van der Waals surface area contributed by atoms with Crippen LogP contribution in [0.1, 0.15) is 63.9 Å². The lowest BCUT2D eigenvalue weighted by Gasteiger charge is -2.33. The first kappa shape index (κ1) is 15.8. The number of hydrogen-bond donors (Lipinski definition) is 0. The molecule has 1 aliphatic heterocycles. The van der Waals surface area contributed by atoms with E-state index in [4.69, 9.17) is 0 Å². The Bertz CT molecular complexity index is 465. The summed E-state index contributed by atoms with van der Waals surface area (Å²) >= 11 is 0. The molecular formula is C19H27F2N. The molecule has 0 bridgehead atoms. The molecule has 1 heterocycles. The second-order valence-corrected chi connectivity index (χ2v) is 7.43. The average Bonchev–Trinajstić information content (AvgIpc) is 2.52. The molecule has 0 atom stereocenters. The zero-order valence-electron chi connectivity index (χ0n) is 13.7. The summed E-state index contributed by atoms with van der Waals surface area (Å²) in [5.74, 6) is 0.369. The summed E-state index contributed by atoms with van der Waals surface area (Å²) in [6, 6.07) is 3.65. The van der Waals surface area contributed by atoms with Crippen molar-refractivity contribution < 1.29 is 8.78 Å². The van der Waals surface area contributed by atoms with Gasteiger partial charge in [-0.3, -0.25) is 0 Å². The van der Waals surface area contributed by atoms with E-state index in [1.807, 2.05) is 17.0 Å². The molecule has 122 valence electrons. The van der Waals surface area contributed by atoms with Gasteiger partial charge in [-0.2, -0.15) is 0 Å². The predicted octanol–water partition coefficient (Wildman–Crippen LogP) is 5.49. The topological polar surface area (TPSA) is 3.24 Å². The van der Waals surface area contributed by atoms with Gasteiger partial charge < -0.3 is 4.90 Å². The van der Waals surface area contributed by atoms with Gasteiger partial charge in [0.25, 0.3) is 0 Å². The van der Waals surface area contributed by atoms with Crippen LogP contribution in [0.4, 0.5) is 14.5 Å². The van der Waals surface area contributed by atoms with Crippen molar-refractivity contribution in [3.63, 3.8) is 0 Å². The fraction of sp³-hybridized carbons (Fsp3) is 0.684. The van der Waals surface area contributed by atoms with Gasteiger partial charge in [0.05, 0.1) is 5.69 Å². The monoisotopic (exact) mass is 307 g/mol. The molecular weight excluding hydrogens is 280 g/mol. The highest BCUT2D eigenvalue weighted by Gasteiger charge is 2.26. The zero-order valence-corrected chi connectivity index (χ0v) is 13.7. The van der Waals surface area contributed by atoms with Crippen molar-refractivity contribution in [3.05, 3.63) is 29.3 Å². The molecule has 0 unspecified atom stereocenters. The van der Waals surface area contributed by atoms with E-state index in [0.29, 0.717) is 17.2 Å². The summed E-state index contributed by atoms with van der Waals surface area (Å²) < 4.78 is 29.1. The van der Waals surface area contributed by atoms with Crippen LogP contribution in [0, 0.1) is 23.5 Å². The predicted molar refractivity (Wildman–Crippen MR) is 87.3 cm³/mol. The van der Waals surface area contributed by atoms with Crippen molar-refractivity contribution >= 4 is 5.69 Å². The SMILES string of the molecule is CC1CCC(c2ccc(N3CCC(C)CC3)c(F)c2F)CC1. The third kappa shape index (κ3) is 3.13. The van der Waals surface area contributed by atoms with Gasteiger partial charge >= 0.3 is 0 Å². The summed E-state index contributed by atoms with van der Waals surface area (Å²) in [6.45, 7) is 6.13. The molecule has 1 aliphatic carbocycles. The molecule has 1 saturated heterocycles. The van der Waals surface area contributed by atoms with Crippen molar-refractivity contribution in [3.8, 4) is 0 Å². The molecule has 3 rings (SSSR count). The Morgan fingerprint density at radius 1 is 0.818 bits per heavy atom. The second-order valence-electron chi connectivity index (χ2n) is 7.43. The lowest BCUT2D eigenvalue weighted by Crippen LogP contribution is -2.33. The molecule has 0 N–H and O–H groups in total. The van der Waals surface area contributed by atoms with Gasteiger partial charge in [0, 0.05) is 13.1 Å². The molecule has 0 aromatic heterocycles. The summed E-state index contributed by atoms with van der Waals surface area (Å²) in [6.07, 6.45) is 6.33. The van der Waals surface area contributed by atoms with E-state index in [0.717, 1.165) is 57.5 Å². The smallest absolute Gasteiger partial charge is 0.182 e. The maximum atomic E-state index is 14.6. The first-order valence-electron chi connectivity index (χ1n) is 8.79. The highest BCUT2D eigenvalue weighted by molar-refractivity contribution is 5.50. The molecule has 2 aliphatic rings. The molecule has 22 heavy (non-hydrogen) atoms. The first-order chi connectivity index (χ1) is 10.6. The summed E-state index contributed by atoms with van der Waals surface area (Å²) in [5.41, 5.74) is 1.05. The largest absolute Gasteiger partial charge is 0.369 e. The van der Waals surface area contributed by atoms with Crippen LogP contribution in [-0.2, 0) is 0 Å². The van der Waals surface area contributed by atoms with Crippen LogP contribution in [-0.4, -0.2) is 13.1 Å². The van der Waals surface area contributed by atoms with Gasteiger partial charge in [0.2, 0.25) is 0 Å². The minimum Gasteiger partial charge on any atom is -0.369 e. The molecule has 2 fully saturated rings. The first-order valence-corrected chi connectivity index (χ1v) is 8.79. The third-order valence-electron chi connectivity index (χ3n) is 5.67. The number of piperidine rings is 1. The van der Waals surface area contributed by atoms with Crippen LogP contribution >= 0.6 is 0 Å². The van der Waals surface area contributed by atoms with E-state index >= 15 is 0 Å². The summed E-state index contributed by atoms with van der Waals surface area (Å²) in [7, 11) is 0. The van der Waals surface area contributed by atoms with Gasteiger partial charge in [0.1, 0.15) is 0 Å². The zero-order chi connectivity index (χ0) is 15.7. The molecule has 1 aromatic rings. The molecule has 1 aromatic carbocycles. The Hall–Kier alpha value is -1.12. The van der Waals surface area contributed by atoms with Crippen molar-refractivity contribution in [2.24, 2.45) is 11.8 Å². The van der Waals surface area contributed by atoms with E-state index < -0.39 is 11.6 Å². The van der Waals surface area contributed by atoms with Gasteiger partial charge in [-0.25, -0.2) is 8.78 Å². The maximum Gasteiger partial charge on any atom is 0.182 e. The maximum absolute atomic E-state index is 14.6. The molecule has 0 spiro atoms. The fourth-order valence-corrected chi connectivity index (χ4v) is 3.93. The number of halogens is 2. The summed E-state index contributed by atoms with van der Waals surface area (Å²) in [5, 5.41) is 0. The van der Waals surface area contributed by atoms with Gasteiger partial charge in [-0.05, 0) is 55.1 Å². The normalized spacial score (nSPS) is 27.2. The van der Waals surface area contributed by atoms with E-state index in [-0.39, 0.29) is 5.92 Å². The van der Waals surface area contributed by atoms with Crippen LogP contribution in [0.25, 0.3) is 0 Å². The van der Waals surface area contributed by atoms with Gasteiger partial charge in [0.15, 0.2) is 11.6 Å². The van der Waals surface area contributed by atoms with Crippen LogP contribution in [0.5, 0.6) is 0 Å². The van der Waals surface area contributed by atoms with E-state index in [1.54, 1.807) is 0 Å². The van der Waals surface area contributed by atoms with Crippen molar-refractivity contribution in [1.82, 2.24) is 0 Å².